The summed E-state index contributed by atoms with van der Waals surface area (Å²) in [4.78, 5) is 15.7. The molecule has 1 amide bonds. The molecule has 0 fully saturated rings. The minimum Gasteiger partial charge on any atom is -0.319 e. The Morgan fingerprint density at radius 3 is 2.62 bits per heavy atom. The fraction of sp³-hybridized carbons (Fsp3) is 0.0714. The van der Waals surface area contributed by atoms with E-state index < -0.39 is 23.3 Å². The van der Waals surface area contributed by atoms with Crippen molar-refractivity contribution in [2.45, 2.75) is 6.18 Å². The lowest BCUT2D eigenvalue weighted by Gasteiger charge is -2.13. The largest absolute Gasteiger partial charge is 0.418 e. The smallest absolute Gasteiger partial charge is 0.319 e. The van der Waals surface area contributed by atoms with E-state index in [9.17, 15) is 18.0 Å². The molecule has 0 radical (unpaired) electrons. The molecule has 5 nitrogen and oxygen atoms in total. The first-order valence-electron chi connectivity index (χ1n) is 6.44. The van der Waals surface area contributed by atoms with Crippen molar-refractivity contribution in [3.05, 3.63) is 51.9 Å². The standard InChI is InChI=1S/C14H7Cl2F3N4O/c15-10-4-1-7(14(17,18)19)12(22-10)13(24)21-9-3-2-8-6(11(9)16)5-20-23-8/h1-5H,(H,20,23)(H,21,24). The van der Waals surface area contributed by atoms with Crippen LogP contribution in [0.5, 0.6) is 0 Å². The van der Waals surface area contributed by atoms with Crippen molar-refractivity contribution in [2.75, 3.05) is 5.32 Å². The Kier molecular flexibility index (Phi) is 4.10. The van der Waals surface area contributed by atoms with Gasteiger partial charge in [-0.15, -0.1) is 0 Å². The average Bonchev–Trinajstić information content (AvgIpc) is 2.98. The average molecular weight is 375 g/mol. The molecule has 10 heteroatoms. The van der Waals surface area contributed by atoms with E-state index >= 15 is 0 Å². The van der Waals surface area contributed by atoms with Crippen LogP contribution in [0.4, 0.5) is 18.9 Å². The van der Waals surface area contributed by atoms with Gasteiger partial charge in [-0.25, -0.2) is 4.98 Å². The van der Waals surface area contributed by atoms with Gasteiger partial charge in [0.1, 0.15) is 10.8 Å². The second-order valence-corrected chi connectivity index (χ2v) is 5.51. The minimum atomic E-state index is -4.75. The number of H-pyrrole nitrogens is 1. The normalized spacial score (nSPS) is 11.7. The van der Waals surface area contributed by atoms with Crippen LogP contribution in [0.3, 0.4) is 0 Å². The van der Waals surface area contributed by atoms with Crippen LogP contribution in [-0.4, -0.2) is 21.1 Å². The SMILES string of the molecule is O=C(Nc1ccc2[nH]ncc2c1Cl)c1nc(Cl)ccc1C(F)(F)F. The number of carbonyl (C=O) groups excluding carboxylic acids is 1. The minimum absolute atomic E-state index is 0.130. The Morgan fingerprint density at radius 2 is 1.92 bits per heavy atom. The number of nitrogens with zero attached hydrogens (tertiary/aromatic N) is 2. The molecule has 3 aromatic rings. The summed E-state index contributed by atoms with van der Waals surface area (Å²) in [6.07, 6.45) is -3.31. The van der Waals surface area contributed by atoms with E-state index in [1.54, 1.807) is 6.07 Å². The van der Waals surface area contributed by atoms with E-state index in [0.29, 0.717) is 17.0 Å². The number of aromatic amines is 1. The molecule has 3 rings (SSSR count). The number of halogens is 5. The van der Waals surface area contributed by atoms with E-state index in [4.69, 9.17) is 23.2 Å². The molecule has 0 saturated carbocycles. The molecule has 124 valence electrons. The molecule has 0 atom stereocenters. The first kappa shape index (κ1) is 16.5. The van der Waals surface area contributed by atoms with Crippen LogP contribution in [0, 0.1) is 0 Å². The van der Waals surface area contributed by atoms with Gasteiger partial charge in [-0.05, 0) is 24.3 Å². The number of nitrogens with one attached hydrogen (secondary N) is 2. The van der Waals surface area contributed by atoms with Gasteiger partial charge < -0.3 is 5.32 Å². The lowest BCUT2D eigenvalue weighted by atomic mass is 10.1. The highest BCUT2D eigenvalue weighted by Crippen LogP contribution is 2.34. The summed E-state index contributed by atoms with van der Waals surface area (Å²) in [5.74, 6) is -1.07. The van der Waals surface area contributed by atoms with Crippen LogP contribution in [0.1, 0.15) is 16.1 Å². The number of carbonyl (C=O) groups is 1. The summed E-state index contributed by atoms with van der Waals surface area (Å²) in [6, 6.07) is 4.69. The molecule has 0 bridgehead atoms. The monoisotopic (exact) mass is 374 g/mol. The molecule has 2 heterocycles. The Bertz CT molecular complexity index is 939. The molecule has 0 aliphatic carbocycles. The zero-order valence-electron chi connectivity index (χ0n) is 11.6. The van der Waals surface area contributed by atoms with Crippen molar-refractivity contribution >= 4 is 45.7 Å². The zero-order chi connectivity index (χ0) is 17.5. The zero-order valence-corrected chi connectivity index (χ0v) is 13.1. The maximum atomic E-state index is 13.0. The highest BCUT2D eigenvalue weighted by atomic mass is 35.5. The number of anilines is 1. The van der Waals surface area contributed by atoms with Gasteiger partial charge in [-0.3, -0.25) is 9.89 Å². The molecule has 0 unspecified atom stereocenters. The quantitative estimate of drug-likeness (QED) is 0.647. The van der Waals surface area contributed by atoms with Crippen LogP contribution in [-0.2, 0) is 6.18 Å². The van der Waals surface area contributed by atoms with Gasteiger partial charge >= 0.3 is 6.18 Å². The molecular formula is C14H7Cl2F3N4O. The Labute approximate surface area is 142 Å². The fourth-order valence-corrected chi connectivity index (χ4v) is 2.51. The molecule has 0 saturated heterocycles. The van der Waals surface area contributed by atoms with Crippen molar-refractivity contribution in [2.24, 2.45) is 0 Å². The molecular weight excluding hydrogens is 368 g/mol. The number of hydrogen-bond donors (Lipinski definition) is 2. The number of alkyl halides is 3. The predicted molar refractivity (Wildman–Crippen MR) is 83.3 cm³/mol. The Balaban J connectivity index is 2.00. The number of fused-ring (bicyclic) bond motifs is 1. The number of pyridine rings is 1. The summed E-state index contributed by atoms with van der Waals surface area (Å²) < 4.78 is 39.1. The fourth-order valence-electron chi connectivity index (χ4n) is 2.10. The molecule has 0 spiro atoms. The predicted octanol–water partition coefficient (Wildman–Crippen LogP) is 4.54. The molecule has 2 aromatic heterocycles. The first-order chi connectivity index (χ1) is 11.3. The summed E-state index contributed by atoms with van der Waals surface area (Å²) in [5, 5.41) is 9.23. The van der Waals surface area contributed by atoms with E-state index in [0.717, 1.165) is 6.07 Å². The van der Waals surface area contributed by atoms with E-state index in [2.05, 4.69) is 20.5 Å². The van der Waals surface area contributed by atoms with Gasteiger partial charge in [0.15, 0.2) is 0 Å². The summed E-state index contributed by atoms with van der Waals surface area (Å²) in [5.41, 5.74) is -1.27. The highest BCUT2D eigenvalue weighted by Gasteiger charge is 2.36. The van der Waals surface area contributed by atoms with Crippen molar-refractivity contribution in [1.82, 2.24) is 15.2 Å². The Morgan fingerprint density at radius 1 is 1.17 bits per heavy atom. The third kappa shape index (κ3) is 3.02. The van der Waals surface area contributed by atoms with Crippen molar-refractivity contribution in [1.29, 1.82) is 0 Å². The number of aromatic nitrogens is 3. The van der Waals surface area contributed by atoms with Crippen LogP contribution in [0.25, 0.3) is 10.9 Å². The third-order valence-corrected chi connectivity index (χ3v) is 3.81. The summed E-state index contributed by atoms with van der Waals surface area (Å²) in [6.45, 7) is 0. The van der Waals surface area contributed by atoms with Crippen LogP contribution < -0.4 is 5.32 Å². The maximum Gasteiger partial charge on any atom is 0.418 e. The Hall–Kier alpha value is -2.32. The van der Waals surface area contributed by atoms with Crippen LogP contribution in [0.15, 0.2) is 30.5 Å². The van der Waals surface area contributed by atoms with Crippen LogP contribution >= 0.6 is 23.2 Å². The number of benzene rings is 1. The number of rotatable bonds is 2. The number of amides is 1. The van der Waals surface area contributed by atoms with Crippen molar-refractivity contribution in [3.63, 3.8) is 0 Å². The lowest BCUT2D eigenvalue weighted by molar-refractivity contribution is -0.138. The van der Waals surface area contributed by atoms with E-state index in [-0.39, 0.29) is 15.9 Å². The summed E-state index contributed by atoms with van der Waals surface area (Å²) >= 11 is 11.7. The second kappa shape index (κ2) is 5.95. The van der Waals surface area contributed by atoms with Crippen LogP contribution in [0.2, 0.25) is 10.2 Å². The van der Waals surface area contributed by atoms with Crippen molar-refractivity contribution in [3.8, 4) is 0 Å². The van der Waals surface area contributed by atoms with Gasteiger partial charge in [0.25, 0.3) is 5.91 Å². The van der Waals surface area contributed by atoms with Crippen molar-refractivity contribution < 1.29 is 18.0 Å². The molecule has 0 aliphatic heterocycles. The highest BCUT2D eigenvalue weighted by molar-refractivity contribution is 6.38. The summed E-state index contributed by atoms with van der Waals surface area (Å²) in [7, 11) is 0. The topological polar surface area (TPSA) is 70.7 Å². The van der Waals surface area contributed by atoms with Gasteiger partial charge in [0.2, 0.25) is 0 Å². The maximum absolute atomic E-state index is 13.0. The first-order valence-corrected chi connectivity index (χ1v) is 7.19. The van der Waals surface area contributed by atoms with E-state index in [1.807, 2.05) is 0 Å². The lowest BCUT2D eigenvalue weighted by Crippen LogP contribution is -2.20. The van der Waals surface area contributed by atoms with Gasteiger partial charge in [0, 0.05) is 5.39 Å². The number of hydrogen-bond acceptors (Lipinski definition) is 3. The third-order valence-electron chi connectivity index (χ3n) is 3.19. The molecule has 2 N–H and O–H groups in total. The second-order valence-electron chi connectivity index (χ2n) is 4.74. The van der Waals surface area contributed by atoms with Gasteiger partial charge in [-0.2, -0.15) is 18.3 Å². The molecule has 1 aromatic carbocycles. The van der Waals surface area contributed by atoms with E-state index in [1.165, 1.54) is 12.3 Å². The molecule has 24 heavy (non-hydrogen) atoms. The van der Waals surface area contributed by atoms with Gasteiger partial charge in [0.05, 0.1) is 28.0 Å². The van der Waals surface area contributed by atoms with Gasteiger partial charge in [-0.1, -0.05) is 23.2 Å². The molecule has 0 aliphatic rings.